The highest BCUT2D eigenvalue weighted by Gasteiger charge is 2.17. The molecule has 0 fully saturated rings. The Kier molecular flexibility index (Phi) is 12.8. The van der Waals surface area contributed by atoms with Crippen molar-refractivity contribution in [3.05, 3.63) is 261 Å². The molecular formula is C69H43N9S2. The van der Waals surface area contributed by atoms with Gasteiger partial charge in [-0.05, 0) is 41.0 Å². The zero-order valence-electron chi connectivity index (χ0n) is 42.7. The summed E-state index contributed by atoms with van der Waals surface area (Å²) < 4.78 is 4.78. The molecule has 0 atom stereocenters. The monoisotopic (exact) mass is 1060 g/mol. The van der Waals surface area contributed by atoms with E-state index in [1.165, 1.54) is 30.4 Å². The SMILES string of the molecule is c1ccc(-c2nc(-c3ccccc3)nc(-c3ccc(-c4ccnc5c4sc4ccccc45)cc3)n2)cc1.c1ccc(-c2nc(-c3ccccc3)nc(-c3cccc(-c4ccc(-c5ncnc6c5sc5ccccc56)cc4)c3)n2)cc1. The molecule has 15 rings (SSSR count). The predicted molar refractivity (Wildman–Crippen MR) is 328 cm³/mol. The van der Waals surface area contributed by atoms with Crippen LogP contribution in [0.1, 0.15) is 0 Å². The van der Waals surface area contributed by atoms with Gasteiger partial charge in [-0.15, -0.1) is 22.7 Å². The van der Waals surface area contributed by atoms with Crippen LogP contribution in [0.4, 0.5) is 0 Å². The summed E-state index contributed by atoms with van der Waals surface area (Å²) in [5.74, 6) is 3.91. The van der Waals surface area contributed by atoms with Gasteiger partial charge in [0, 0.05) is 70.9 Å². The van der Waals surface area contributed by atoms with Crippen molar-refractivity contribution in [3.63, 3.8) is 0 Å². The summed E-state index contributed by atoms with van der Waals surface area (Å²) in [6, 6.07) is 84.5. The van der Waals surface area contributed by atoms with E-state index in [0.29, 0.717) is 34.9 Å². The molecule has 0 aliphatic heterocycles. The van der Waals surface area contributed by atoms with E-state index in [4.69, 9.17) is 29.9 Å². The Bertz CT molecular complexity index is 4570. The van der Waals surface area contributed by atoms with Crippen LogP contribution in [0, 0.1) is 0 Å². The zero-order valence-corrected chi connectivity index (χ0v) is 44.3. The van der Waals surface area contributed by atoms with Gasteiger partial charge in [-0.2, -0.15) is 0 Å². The average molecular weight is 1060 g/mol. The van der Waals surface area contributed by atoms with Crippen molar-refractivity contribution in [3.8, 4) is 102 Å². The lowest BCUT2D eigenvalue weighted by atomic mass is 10.0. The number of pyridine rings is 1. The number of hydrogen-bond donors (Lipinski definition) is 0. The largest absolute Gasteiger partial charge is 0.255 e. The molecule has 80 heavy (non-hydrogen) atoms. The molecule has 0 amide bonds. The third-order valence-electron chi connectivity index (χ3n) is 13.9. The van der Waals surface area contributed by atoms with Crippen molar-refractivity contribution >= 4 is 63.3 Å². The van der Waals surface area contributed by atoms with Crippen molar-refractivity contribution in [2.75, 3.05) is 0 Å². The molecule has 6 aromatic heterocycles. The first kappa shape index (κ1) is 48.1. The number of fused-ring (bicyclic) bond motifs is 6. The molecule has 0 N–H and O–H groups in total. The topological polar surface area (TPSA) is 116 Å². The normalized spacial score (nSPS) is 11.2. The van der Waals surface area contributed by atoms with Gasteiger partial charge >= 0.3 is 0 Å². The van der Waals surface area contributed by atoms with E-state index in [1.54, 1.807) is 29.0 Å². The smallest absolute Gasteiger partial charge is 0.164 e. The minimum atomic E-state index is 0.638. The Labute approximate surface area is 468 Å². The van der Waals surface area contributed by atoms with Crippen LogP contribution < -0.4 is 0 Å². The van der Waals surface area contributed by atoms with Gasteiger partial charge in [0.05, 0.1) is 26.1 Å². The van der Waals surface area contributed by atoms with E-state index in [1.807, 2.05) is 128 Å². The van der Waals surface area contributed by atoms with E-state index < -0.39 is 0 Å². The van der Waals surface area contributed by atoms with Gasteiger partial charge in [0.15, 0.2) is 34.9 Å². The lowest BCUT2D eigenvalue weighted by molar-refractivity contribution is 1.07. The second kappa shape index (κ2) is 21.2. The maximum atomic E-state index is 4.90. The van der Waals surface area contributed by atoms with Crippen molar-refractivity contribution < 1.29 is 0 Å². The lowest BCUT2D eigenvalue weighted by Gasteiger charge is -2.10. The maximum Gasteiger partial charge on any atom is 0.164 e. The van der Waals surface area contributed by atoms with Crippen molar-refractivity contribution in [1.29, 1.82) is 0 Å². The molecule has 0 aliphatic rings. The highest BCUT2D eigenvalue weighted by Crippen LogP contribution is 2.40. The van der Waals surface area contributed by atoms with Crippen LogP contribution in [-0.2, 0) is 0 Å². The van der Waals surface area contributed by atoms with Crippen LogP contribution >= 0.6 is 22.7 Å². The fraction of sp³-hybridized carbons (Fsp3) is 0. The molecule has 0 aliphatic carbocycles. The summed E-state index contributed by atoms with van der Waals surface area (Å²) in [6.07, 6.45) is 3.56. The van der Waals surface area contributed by atoms with Crippen LogP contribution in [0.5, 0.6) is 0 Å². The van der Waals surface area contributed by atoms with E-state index >= 15 is 0 Å². The molecule has 6 heterocycles. The molecule has 376 valence electrons. The zero-order chi connectivity index (χ0) is 53.2. The first-order valence-electron chi connectivity index (χ1n) is 26.1. The number of rotatable bonds is 9. The van der Waals surface area contributed by atoms with Crippen molar-refractivity contribution in [2.45, 2.75) is 0 Å². The van der Waals surface area contributed by atoms with Gasteiger partial charge in [-0.3, -0.25) is 4.98 Å². The van der Waals surface area contributed by atoms with Gasteiger partial charge in [0.1, 0.15) is 6.33 Å². The highest BCUT2D eigenvalue weighted by atomic mass is 32.1. The quantitative estimate of drug-likeness (QED) is 0.139. The Morgan fingerprint density at radius 2 is 0.625 bits per heavy atom. The summed E-state index contributed by atoms with van der Waals surface area (Å²) in [5, 5.41) is 2.37. The predicted octanol–water partition coefficient (Wildman–Crippen LogP) is 17.7. The van der Waals surface area contributed by atoms with E-state index in [0.717, 1.165) is 77.1 Å². The van der Waals surface area contributed by atoms with Gasteiger partial charge in [-0.25, -0.2) is 39.9 Å². The van der Waals surface area contributed by atoms with Gasteiger partial charge in [0.2, 0.25) is 0 Å². The second-order valence-electron chi connectivity index (χ2n) is 18.9. The number of hydrogen-bond acceptors (Lipinski definition) is 11. The van der Waals surface area contributed by atoms with Crippen LogP contribution in [0.25, 0.3) is 142 Å². The minimum Gasteiger partial charge on any atom is -0.255 e. The summed E-state index contributed by atoms with van der Waals surface area (Å²) >= 11 is 3.53. The van der Waals surface area contributed by atoms with Crippen molar-refractivity contribution in [1.82, 2.24) is 44.9 Å². The average Bonchev–Trinajstić information content (AvgIpc) is 4.14. The Balaban J connectivity index is 0.000000146. The summed E-state index contributed by atoms with van der Waals surface area (Å²) in [6.45, 7) is 0. The molecule has 0 bridgehead atoms. The summed E-state index contributed by atoms with van der Waals surface area (Å²) in [5.41, 5.74) is 14.3. The molecule has 0 unspecified atom stereocenters. The summed E-state index contributed by atoms with van der Waals surface area (Å²) in [4.78, 5) is 43.1. The first-order valence-corrected chi connectivity index (χ1v) is 27.7. The number of aromatic nitrogens is 9. The molecule has 11 heteroatoms. The van der Waals surface area contributed by atoms with E-state index in [2.05, 4.69) is 142 Å². The van der Waals surface area contributed by atoms with Crippen molar-refractivity contribution in [2.24, 2.45) is 0 Å². The third-order valence-corrected chi connectivity index (χ3v) is 16.2. The molecule has 0 saturated heterocycles. The maximum absolute atomic E-state index is 4.90. The fourth-order valence-electron chi connectivity index (χ4n) is 9.89. The van der Waals surface area contributed by atoms with Crippen LogP contribution in [0.3, 0.4) is 0 Å². The van der Waals surface area contributed by atoms with Gasteiger partial charge in [-0.1, -0.05) is 224 Å². The van der Waals surface area contributed by atoms with E-state index in [-0.39, 0.29) is 0 Å². The van der Waals surface area contributed by atoms with Gasteiger partial charge < -0.3 is 0 Å². The van der Waals surface area contributed by atoms with Crippen LogP contribution in [0.15, 0.2) is 261 Å². The van der Waals surface area contributed by atoms with Crippen LogP contribution in [-0.4, -0.2) is 44.9 Å². The number of nitrogens with zero attached hydrogens (tertiary/aromatic N) is 9. The fourth-order valence-corrected chi connectivity index (χ4v) is 12.3. The Hall–Kier alpha value is -10.3. The lowest BCUT2D eigenvalue weighted by Crippen LogP contribution is -2.00. The Morgan fingerprint density at radius 3 is 1.14 bits per heavy atom. The molecule has 0 saturated carbocycles. The molecule has 0 spiro atoms. The number of thiophene rings is 2. The first-order chi connectivity index (χ1) is 39.6. The number of benzene rings is 9. The van der Waals surface area contributed by atoms with Gasteiger partial charge in [0.25, 0.3) is 0 Å². The molecule has 15 aromatic rings. The van der Waals surface area contributed by atoms with Crippen LogP contribution in [0.2, 0.25) is 0 Å². The molecule has 0 radical (unpaired) electrons. The highest BCUT2D eigenvalue weighted by molar-refractivity contribution is 7.26. The molecular weight excluding hydrogens is 1020 g/mol. The molecule has 9 aromatic carbocycles. The standard InChI is InChI=1S/C37H23N5S.C32H20N4S/c1-3-10-26(11-4-1)35-40-36(27-12-5-2-6-13-27)42-37(41-35)29-15-9-14-28(22-29)24-18-20-25(21-19-24)32-34-33(39-23-38-32)30-16-7-8-17-31(30)43-34;1-3-9-22(10-4-1)30-34-31(23-11-5-2-6-12-23)36-32(35-30)24-17-15-21(16-18-24)25-19-20-33-28-26-13-7-8-14-27(26)37-29(25)28/h1-23H;1-20H. The van der Waals surface area contributed by atoms with E-state index in [9.17, 15) is 0 Å². The third kappa shape index (κ3) is 9.53. The Morgan fingerprint density at radius 1 is 0.250 bits per heavy atom. The molecule has 9 nitrogen and oxygen atoms in total. The minimum absolute atomic E-state index is 0.638. The summed E-state index contributed by atoms with van der Waals surface area (Å²) in [7, 11) is 0. The second-order valence-corrected chi connectivity index (χ2v) is 21.0.